The van der Waals surface area contributed by atoms with Crippen LogP contribution in [0.1, 0.15) is 0 Å². The highest BCUT2D eigenvalue weighted by atomic mass is 16.5. The number of nitrogens with one attached hydrogen (secondary N) is 2. The predicted molar refractivity (Wildman–Crippen MR) is 99.0 cm³/mol. The number of H-pyrrole nitrogens is 1. The molecule has 136 valence electrons. The topological polar surface area (TPSA) is 113 Å². The first-order valence-corrected chi connectivity index (χ1v) is 8.26. The summed E-state index contributed by atoms with van der Waals surface area (Å²) in [5.74, 6) is 0.432. The molecule has 2 aromatic rings. The molecule has 8 nitrogen and oxygen atoms in total. The summed E-state index contributed by atoms with van der Waals surface area (Å²) in [6.07, 6.45) is 6.40. The predicted octanol–water partition coefficient (Wildman–Crippen LogP) is 0.583. The monoisotopic (exact) mass is 355 g/mol. The van der Waals surface area contributed by atoms with E-state index in [4.69, 9.17) is 10.5 Å². The van der Waals surface area contributed by atoms with Gasteiger partial charge in [-0.1, -0.05) is 6.08 Å². The minimum absolute atomic E-state index is 0.0357. The van der Waals surface area contributed by atoms with E-state index in [0.29, 0.717) is 31.2 Å². The van der Waals surface area contributed by atoms with Crippen LogP contribution in [0.25, 0.3) is 11.1 Å². The second kappa shape index (κ2) is 7.83. The molecule has 0 bridgehead atoms. The molecule has 1 saturated heterocycles. The Morgan fingerprint density at radius 2 is 2.27 bits per heavy atom. The Kier molecular flexibility index (Phi) is 5.33. The molecule has 2 aromatic heterocycles. The number of nitrogens with two attached hydrogens (primary N) is 1. The molecule has 0 radical (unpaired) electrons. The summed E-state index contributed by atoms with van der Waals surface area (Å²) in [4.78, 5) is 32.4. The molecule has 0 spiro atoms. The lowest BCUT2D eigenvalue weighted by molar-refractivity contribution is -0.129. The van der Waals surface area contributed by atoms with Gasteiger partial charge in [-0.25, -0.2) is 4.98 Å². The summed E-state index contributed by atoms with van der Waals surface area (Å²) in [5.41, 5.74) is 7.32. The van der Waals surface area contributed by atoms with Gasteiger partial charge in [-0.15, -0.1) is 0 Å². The van der Waals surface area contributed by atoms with Crippen LogP contribution in [0.2, 0.25) is 0 Å². The van der Waals surface area contributed by atoms with Crippen LogP contribution in [0.15, 0.2) is 47.5 Å². The standard InChI is InChI=1S/C18H21N5O3/c1-26-16-8-12(4-6-20-16)13-7-15(18(25)21-9-13)22-14-10-23(11-14)17(24)3-2-5-19/h2-4,6-9,14,22H,5,10-11,19H2,1H3,(H,21,25)/b3-2+. The molecule has 1 fully saturated rings. The van der Waals surface area contributed by atoms with Gasteiger partial charge in [-0.05, 0) is 17.7 Å². The zero-order chi connectivity index (χ0) is 18.5. The molecular formula is C18H21N5O3. The van der Waals surface area contributed by atoms with E-state index in [1.165, 1.54) is 6.08 Å². The van der Waals surface area contributed by atoms with Crippen molar-refractivity contribution in [2.24, 2.45) is 5.73 Å². The number of likely N-dealkylation sites (tertiary alicyclic amines) is 1. The van der Waals surface area contributed by atoms with Crippen molar-refractivity contribution in [1.82, 2.24) is 14.9 Å². The first-order chi connectivity index (χ1) is 12.6. The summed E-state index contributed by atoms with van der Waals surface area (Å²) in [5, 5.41) is 3.19. The highest BCUT2D eigenvalue weighted by molar-refractivity contribution is 5.88. The van der Waals surface area contributed by atoms with Gasteiger partial charge in [-0.2, -0.15) is 0 Å². The Hall–Kier alpha value is -3.13. The molecule has 3 rings (SSSR count). The Bertz CT molecular complexity index is 871. The van der Waals surface area contributed by atoms with E-state index in [9.17, 15) is 9.59 Å². The van der Waals surface area contributed by atoms with E-state index in [-0.39, 0.29) is 17.5 Å². The van der Waals surface area contributed by atoms with Gasteiger partial charge in [0.15, 0.2) is 0 Å². The molecule has 0 aliphatic carbocycles. The fourth-order valence-electron chi connectivity index (χ4n) is 2.70. The summed E-state index contributed by atoms with van der Waals surface area (Å²) in [6, 6.07) is 5.46. The third-order valence-electron chi connectivity index (χ3n) is 4.13. The maximum atomic E-state index is 12.1. The van der Waals surface area contributed by atoms with Crippen molar-refractivity contribution in [3.05, 3.63) is 53.1 Å². The zero-order valence-corrected chi connectivity index (χ0v) is 14.4. The van der Waals surface area contributed by atoms with E-state index >= 15 is 0 Å². The van der Waals surface area contributed by atoms with Crippen molar-refractivity contribution in [2.45, 2.75) is 6.04 Å². The first-order valence-electron chi connectivity index (χ1n) is 8.26. The number of carbonyl (C=O) groups is 1. The highest BCUT2D eigenvalue weighted by Gasteiger charge is 2.29. The fraction of sp³-hybridized carbons (Fsp3) is 0.278. The molecule has 1 aliphatic rings. The van der Waals surface area contributed by atoms with E-state index in [2.05, 4.69) is 15.3 Å². The minimum Gasteiger partial charge on any atom is -0.481 e. The van der Waals surface area contributed by atoms with Gasteiger partial charge in [0.25, 0.3) is 5.56 Å². The van der Waals surface area contributed by atoms with Crippen LogP contribution in [0.4, 0.5) is 5.69 Å². The molecule has 0 atom stereocenters. The van der Waals surface area contributed by atoms with Crippen molar-refractivity contribution in [1.29, 1.82) is 0 Å². The lowest BCUT2D eigenvalue weighted by Gasteiger charge is -2.39. The van der Waals surface area contributed by atoms with Crippen LogP contribution < -0.4 is 21.3 Å². The van der Waals surface area contributed by atoms with E-state index in [1.807, 2.05) is 6.07 Å². The average Bonchev–Trinajstić information content (AvgIpc) is 2.63. The largest absolute Gasteiger partial charge is 0.481 e. The molecule has 0 unspecified atom stereocenters. The molecule has 0 saturated carbocycles. The van der Waals surface area contributed by atoms with Crippen molar-refractivity contribution >= 4 is 11.6 Å². The molecule has 26 heavy (non-hydrogen) atoms. The maximum absolute atomic E-state index is 12.1. The number of ether oxygens (including phenoxy) is 1. The Balaban J connectivity index is 1.69. The minimum atomic E-state index is -0.206. The van der Waals surface area contributed by atoms with Crippen molar-refractivity contribution < 1.29 is 9.53 Å². The molecule has 0 aromatic carbocycles. The number of hydrogen-bond acceptors (Lipinski definition) is 6. The number of amides is 1. The number of aromatic nitrogens is 2. The molecule has 1 aliphatic heterocycles. The maximum Gasteiger partial charge on any atom is 0.271 e. The van der Waals surface area contributed by atoms with Crippen LogP contribution in [0.5, 0.6) is 5.88 Å². The van der Waals surface area contributed by atoms with E-state index < -0.39 is 0 Å². The van der Waals surface area contributed by atoms with Gasteiger partial charge < -0.3 is 25.7 Å². The second-order valence-corrected chi connectivity index (χ2v) is 5.94. The Morgan fingerprint density at radius 1 is 1.46 bits per heavy atom. The third kappa shape index (κ3) is 3.92. The second-order valence-electron chi connectivity index (χ2n) is 5.94. The van der Waals surface area contributed by atoms with Gasteiger partial charge in [-0.3, -0.25) is 9.59 Å². The number of pyridine rings is 2. The zero-order valence-electron chi connectivity index (χ0n) is 14.4. The van der Waals surface area contributed by atoms with E-state index in [1.54, 1.807) is 42.6 Å². The van der Waals surface area contributed by atoms with Crippen molar-refractivity contribution in [3.8, 4) is 17.0 Å². The van der Waals surface area contributed by atoms with Gasteiger partial charge in [0, 0.05) is 49.7 Å². The number of nitrogens with zero attached hydrogens (tertiary/aromatic N) is 2. The number of carbonyl (C=O) groups excluding carboxylic acids is 1. The Labute approximate surface area is 150 Å². The number of hydrogen-bond donors (Lipinski definition) is 3. The number of rotatable bonds is 6. The molecule has 4 N–H and O–H groups in total. The van der Waals surface area contributed by atoms with Gasteiger partial charge in [0.05, 0.1) is 13.2 Å². The lowest BCUT2D eigenvalue weighted by Crippen LogP contribution is -2.57. The van der Waals surface area contributed by atoms with Crippen LogP contribution in [0.3, 0.4) is 0 Å². The van der Waals surface area contributed by atoms with Gasteiger partial charge >= 0.3 is 0 Å². The van der Waals surface area contributed by atoms with Crippen molar-refractivity contribution in [3.63, 3.8) is 0 Å². The summed E-state index contributed by atoms with van der Waals surface area (Å²) < 4.78 is 5.13. The number of methoxy groups -OCH3 is 1. The summed E-state index contributed by atoms with van der Waals surface area (Å²) in [6.45, 7) is 1.42. The van der Waals surface area contributed by atoms with Crippen LogP contribution in [-0.2, 0) is 4.79 Å². The molecule has 3 heterocycles. The molecule has 1 amide bonds. The third-order valence-corrected chi connectivity index (χ3v) is 4.13. The van der Waals surface area contributed by atoms with Crippen LogP contribution >= 0.6 is 0 Å². The molecular weight excluding hydrogens is 334 g/mol. The fourth-order valence-corrected chi connectivity index (χ4v) is 2.70. The summed E-state index contributed by atoms with van der Waals surface area (Å²) >= 11 is 0. The summed E-state index contributed by atoms with van der Waals surface area (Å²) in [7, 11) is 1.55. The van der Waals surface area contributed by atoms with Crippen LogP contribution in [0, 0.1) is 0 Å². The van der Waals surface area contributed by atoms with Gasteiger partial charge in [0.2, 0.25) is 11.8 Å². The quantitative estimate of drug-likeness (QED) is 0.654. The Morgan fingerprint density at radius 3 is 3.00 bits per heavy atom. The molecule has 8 heteroatoms. The lowest BCUT2D eigenvalue weighted by atomic mass is 10.1. The van der Waals surface area contributed by atoms with E-state index in [0.717, 1.165) is 11.1 Å². The highest BCUT2D eigenvalue weighted by Crippen LogP contribution is 2.23. The van der Waals surface area contributed by atoms with Crippen LogP contribution in [-0.4, -0.2) is 53.6 Å². The SMILES string of the molecule is COc1cc(-c2c[nH]c(=O)c(NC3CN(C(=O)/C=C/CN)C3)c2)ccn1. The normalized spacial score (nSPS) is 14.3. The number of anilines is 1. The van der Waals surface area contributed by atoms with Gasteiger partial charge in [0.1, 0.15) is 5.69 Å². The first kappa shape index (κ1) is 17.7. The average molecular weight is 355 g/mol. The number of aromatic amines is 1. The smallest absolute Gasteiger partial charge is 0.271 e. The van der Waals surface area contributed by atoms with Crippen molar-refractivity contribution in [2.75, 3.05) is 32.1 Å².